The molecule has 1 heterocycles. The largest absolute Gasteiger partial charge is 0.355 e. The van der Waals surface area contributed by atoms with Crippen molar-refractivity contribution in [2.24, 2.45) is 0 Å². The van der Waals surface area contributed by atoms with Crippen molar-refractivity contribution in [2.45, 2.75) is 40.0 Å². The van der Waals surface area contributed by atoms with E-state index in [-0.39, 0.29) is 11.3 Å². The summed E-state index contributed by atoms with van der Waals surface area (Å²) in [5, 5.41) is 8.94. The van der Waals surface area contributed by atoms with Crippen molar-refractivity contribution in [3.05, 3.63) is 70.2 Å². The molecule has 0 atom stereocenters. The number of aromatic nitrogens is 1. The molecule has 0 radical (unpaired) electrons. The first-order valence-corrected chi connectivity index (χ1v) is 9.83. The summed E-state index contributed by atoms with van der Waals surface area (Å²) in [5.41, 5.74) is 5.68. The van der Waals surface area contributed by atoms with Crippen LogP contribution < -0.4 is 10.6 Å². The van der Waals surface area contributed by atoms with Crippen LogP contribution in [0.4, 0.5) is 16.5 Å². The van der Waals surface area contributed by atoms with Crippen molar-refractivity contribution in [3.8, 4) is 0 Å². The topological polar surface area (TPSA) is 54.0 Å². The van der Waals surface area contributed by atoms with Crippen LogP contribution in [0.2, 0.25) is 0 Å². The fourth-order valence-corrected chi connectivity index (χ4v) is 3.59. The molecule has 3 rings (SSSR count). The molecule has 27 heavy (non-hydrogen) atoms. The molecule has 0 aliphatic heterocycles. The van der Waals surface area contributed by atoms with Gasteiger partial charge in [-0.1, -0.05) is 45.0 Å². The number of thiazole rings is 1. The highest BCUT2D eigenvalue weighted by Crippen LogP contribution is 2.28. The molecule has 3 aromatic rings. The number of carbonyl (C=O) groups excluding carboxylic acids is 1. The first-order chi connectivity index (χ1) is 12.8. The molecule has 4 nitrogen and oxygen atoms in total. The lowest BCUT2D eigenvalue weighted by Crippen LogP contribution is -2.15. The molecule has 5 heteroatoms. The number of carbonyl (C=O) groups is 1. The van der Waals surface area contributed by atoms with Crippen molar-refractivity contribution in [1.29, 1.82) is 0 Å². The number of nitrogens with zero attached hydrogens (tertiary/aromatic N) is 1. The SMILES string of the molecule is Cc1cccc(Nc2ccccc2C(=O)Nc2nc(C(C)(C)C)cs2)c1C. The van der Waals surface area contributed by atoms with Crippen LogP contribution in [-0.2, 0) is 5.41 Å². The summed E-state index contributed by atoms with van der Waals surface area (Å²) >= 11 is 1.45. The fourth-order valence-electron chi connectivity index (χ4n) is 2.66. The first-order valence-electron chi connectivity index (χ1n) is 8.95. The molecule has 0 fully saturated rings. The Morgan fingerprint density at radius 3 is 2.41 bits per heavy atom. The normalized spacial score (nSPS) is 11.3. The Labute approximate surface area is 164 Å². The fraction of sp³-hybridized carbons (Fsp3) is 0.273. The average molecular weight is 380 g/mol. The molecule has 2 N–H and O–H groups in total. The van der Waals surface area contributed by atoms with E-state index in [2.05, 4.69) is 56.3 Å². The van der Waals surface area contributed by atoms with Gasteiger partial charge in [-0.15, -0.1) is 11.3 Å². The molecule has 0 saturated heterocycles. The number of para-hydroxylation sites is 1. The summed E-state index contributed by atoms with van der Waals surface area (Å²) in [6.45, 7) is 10.5. The van der Waals surface area contributed by atoms with Crippen LogP contribution in [0.1, 0.15) is 48.0 Å². The molecule has 0 unspecified atom stereocenters. The predicted molar refractivity (Wildman–Crippen MR) is 114 cm³/mol. The lowest BCUT2D eigenvalue weighted by atomic mass is 9.93. The molecule has 0 aliphatic rings. The average Bonchev–Trinajstić information content (AvgIpc) is 3.08. The molecule has 1 aromatic heterocycles. The summed E-state index contributed by atoms with van der Waals surface area (Å²) in [6.07, 6.45) is 0. The monoisotopic (exact) mass is 379 g/mol. The van der Waals surface area contributed by atoms with Crippen molar-refractivity contribution in [1.82, 2.24) is 4.98 Å². The van der Waals surface area contributed by atoms with Gasteiger partial charge in [0.2, 0.25) is 0 Å². The van der Waals surface area contributed by atoms with Gasteiger partial charge < -0.3 is 5.32 Å². The molecule has 1 amide bonds. The second-order valence-electron chi connectivity index (χ2n) is 7.66. The Kier molecular flexibility index (Phi) is 5.33. The number of amides is 1. The lowest BCUT2D eigenvalue weighted by molar-refractivity contribution is 0.102. The molecule has 140 valence electrons. The van der Waals surface area contributed by atoms with E-state index in [1.165, 1.54) is 22.5 Å². The number of rotatable bonds is 4. The minimum Gasteiger partial charge on any atom is -0.355 e. The quantitative estimate of drug-likeness (QED) is 0.580. The third kappa shape index (κ3) is 4.37. The highest BCUT2D eigenvalue weighted by molar-refractivity contribution is 7.14. The van der Waals surface area contributed by atoms with E-state index in [1.54, 1.807) is 0 Å². The Morgan fingerprint density at radius 2 is 1.70 bits per heavy atom. The predicted octanol–water partition coefficient (Wildman–Crippen LogP) is 6.05. The zero-order valence-electron chi connectivity index (χ0n) is 16.4. The van der Waals surface area contributed by atoms with Crippen LogP contribution in [0.25, 0.3) is 0 Å². The summed E-state index contributed by atoms with van der Waals surface area (Å²) in [6, 6.07) is 13.6. The van der Waals surface area contributed by atoms with Crippen LogP contribution in [0.3, 0.4) is 0 Å². The number of hydrogen-bond acceptors (Lipinski definition) is 4. The first kappa shape index (κ1) is 19.1. The van der Waals surface area contributed by atoms with Crippen molar-refractivity contribution in [2.75, 3.05) is 10.6 Å². The van der Waals surface area contributed by atoms with E-state index in [0.717, 1.165) is 17.1 Å². The number of hydrogen-bond donors (Lipinski definition) is 2. The van der Waals surface area contributed by atoms with Crippen molar-refractivity contribution in [3.63, 3.8) is 0 Å². The molecule has 2 aromatic carbocycles. The van der Waals surface area contributed by atoms with Crippen LogP contribution in [0.15, 0.2) is 47.8 Å². The van der Waals surface area contributed by atoms with E-state index >= 15 is 0 Å². The second-order valence-corrected chi connectivity index (χ2v) is 8.52. The van der Waals surface area contributed by atoms with E-state index in [4.69, 9.17) is 0 Å². The van der Waals surface area contributed by atoms with Crippen molar-refractivity contribution < 1.29 is 4.79 Å². The standard InChI is InChI=1S/C22H25N3OS/c1-14-9-8-12-17(15(14)2)23-18-11-7-6-10-16(18)20(26)25-21-24-19(13-27-21)22(3,4)5/h6-13,23H,1-5H3,(H,24,25,26). The zero-order chi connectivity index (χ0) is 19.6. The molecule has 0 saturated carbocycles. The molecular weight excluding hydrogens is 354 g/mol. The third-order valence-electron chi connectivity index (χ3n) is 4.54. The van der Waals surface area contributed by atoms with Crippen molar-refractivity contribution >= 4 is 33.8 Å². The minimum absolute atomic E-state index is 0.0400. The van der Waals surface area contributed by atoms with E-state index < -0.39 is 0 Å². The Hall–Kier alpha value is -2.66. The summed E-state index contributed by atoms with van der Waals surface area (Å²) in [4.78, 5) is 17.4. The van der Waals surface area contributed by atoms with Gasteiger partial charge in [0.15, 0.2) is 5.13 Å². The van der Waals surface area contributed by atoms with Gasteiger partial charge in [0.1, 0.15) is 0 Å². The van der Waals surface area contributed by atoms with E-state index in [0.29, 0.717) is 10.7 Å². The second kappa shape index (κ2) is 7.53. The van der Waals surface area contributed by atoms with E-state index in [1.807, 2.05) is 41.8 Å². The Morgan fingerprint density at radius 1 is 1.00 bits per heavy atom. The minimum atomic E-state index is -0.168. The smallest absolute Gasteiger partial charge is 0.259 e. The maximum atomic E-state index is 12.9. The van der Waals surface area contributed by atoms with Crippen LogP contribution >= 0.6 is 11.3 Å². The number of nitrogens with one attached hydrogen (secondary N) is 2. The molecule has 0 bridgehead atoms. The number of aryl methyl sites for hydroxylation is 1. The van der Waals surface area contributed by atoms with Crippen LogP contribution in [0, 0.1) is 13.8 Å². The Balaban J connectivity index is 1.84. The van der Waals surface area contributed by atoms with Gasteiger partial charge in [-0.05, 0) is 43.2 Å². The maximum Gasteiger partial charge on any atom is 0.259 e. The van der Waals surface area contributed by atoms with Gasteiger partial charge in [0.25, 0.3) is 5.91 Å². The zero-order valence-corrected chi connectivity index (χ0v) is 17.2. The van der Waals surface area contributed by atoms with Gasteiger partial charge in [0, 0.05) is 16.5 Å². The van der Waals surface area contributed by atoms with Gasteiger partial charge in [-0.2, -0.15) is 0 Å². The molecule has 0 aliphatic carbocycles. The van der Waals surface area contributed by atoms with Gasteiger partial charge in [0.05, 0.1) is 16.9 Å². The van der Waals surface area contributed by atoms with E-state index in [9.17, 15) is 4.79 Å². The molecule has 0 spiro atoms. The van der Waals surface area contributed by atoms with Crippen LogP contribution in [0.5, 0.6) is 0 Å². The summed E-state index contributed by atoms with van der Waals surface area (Å²) in [5.74, 6) is -0.168. The lowest BCUT2D eigenvalue weighted by Gasteiger charge is -2.15. The van der Waals surface area contributed by atoms with Gasteiger partial charge in [-0.25, -0.2) is 4.98 Å². The van der Waals surface area contributed by atoms with Gasteiger partial charge in [-0.3, -0.25) is 10.1 Å². The Bertz CT molecular complexity index is 970. The summed E-state index contributed by atoms with van der Waals surface area (Å²) < 4.78 is 0. The highest BCUT2D eigenvalue weighted by Gasteiger charge is 2.19. The highest BCUT2D eigenvalue weighted by atomic mass is 32.1. The van der Waals surface area contributed by atoms with Crippen LogP contribution in [-0.4, -0.2) is 10.9 Å². The number of benzene rings is 2. The van der Waals surface area contributed by atoms with Gasteiger partial charge >= 0.3 is 0 Å². The number of anilines is 3. The molecular formula is C22H25N3OS. The maximum absolute atomic E-state index is 12.9. The third-order valence-corrected chi connectivity index (χ3v) is 5.30. The summed E-state index contributed by atoms with van der Waals surface area (Å²) in [7, 11) is 0.